The quantitative estimate of drug-likeness (QED) is 0.725. The summed E-state index contributed by atoms with van der Waals surface area (Å²) >= 11 is 0. The van der Waals surface area contributed by atoms with Crippen LogP contribution in [0.3, 0.4) is 0 Å². The van der Waals surface area contributed by atoms with Gasteiger partial charge in [-0.3, -0.25) is 0 Å². The van der Waals surface area contributed by atoms with Crippen LogP contribution in [-0.4, -0.2) is 12.2 Å². The van der Waals surface area contributed by atoms with Gasteiger partial charge in [0.1, 0.15) is 18.1 Å². The fourth-order valence-electron chi connectivity index (χ4n) is 3.64. The molecular formula is C21H23F3O3. The summed E-state index contributed by atoms with van der Waals surface area (Å²) in [5.74, 6) is 0.686. The van der Waals surface area contributed by atoms with Gasteiger partial charge in [-0.1, -0.05) is 31.0 Å². The van der Waals surface area contributed by atoms with Crippen LogP contribution in [0.2, 0.25) is 0 Å². The zero-order valence-corrected chi connectivity index (χ0v) is 15.2. The van der Waals surface area contributed by atoms with Crippen molar-refractivity contribution in [2.75, 3.05) is 7.11 Å². The lowest BCUT2D eigenvalue weighted by Crippen LogP contribution is -2.11. The number of benzene rings is 2. The van der Waals surface area contributed by atoms with Gasteiger partial charge in [-0.05, 0) is 48.1 Å². The number of halogens is 3. The zero-order chi connectivity index (χ0) is 19.4. The Labute approximate surface area is 156 Å². The Hall–Kier alpha value is -2.21. The predicted molar refractivity (Wildman–Crippen MR) is 95.9 cm³/mol. The summed E-state index contributed by atoms with van der Waals surface area (Å²) in [4.78, 5) is 0. The second-order valence-corrected chi connectivity index (χ2v) is 6.82. The minimum atomic E-state index is -4.40. The minimum Gasteiger partial charge on any atom is -0.496 e. The van der Waals surface area contributed by atoms with E-state index in [1.807, 2.05) is 0 Å². The van der Waals surface area contributed by atoms with Crippen LogP contribution in [0.25, 0.3) is 0 Å². The van der Waals surface area contributed by atoms with E-state index in [9.17, 15) is 18.3 Å². The van der Waals surface area contributed by atoms with Crippen molar-refractivity contribution < 1.29 is 27.8 Å². The van der Waals surface area contributed by atoms with E-state index in [0.29, 0.717) is 16.9 Å². The Morgan fingerprint density at radius 2 is 1.81 bits per heavy atom. The van der Waals surface area contributed by atoms with Gasteiger partial charge in [0.15, 0.2) is 0 Å². The number of aliphatic hydroxyl groups excluding tert-OH is 1. The number of rotatable bonds is 6. The number of methoxy groups -OCH3 is 1. The zero-order valence-electron chi connectivity index (χ0n) is 15.2. The van der Waals surface area contributed by atoms with Crippen LogP contribution in [-0.2, 0) is 19.4 Å². The molecule has 0 amide bonds. The molecule has 1 fully saturated rings. The standard InChI is InChI=1S/C21H23F3O3/c1-26-20-10-14(6-7-16(20)12-25)13-27-17-8-9-18(15-4-2-3-5-15)19(11-17)21(22,23)24/h6-11,15,25H,2-5,12-13H2,1H3. The summed E-state index contributed by atoms with van der Waals surface area (Å²) in [5, 5.41) is 9.25. The van der Waals surface area contributed by atoms with E-state index < -0.39 is 11.7 Å². The Morgan fingerprint density at radius 3 is 2.44 bits per heavy atom. The van der Waals surface area contributed by atoms with Crippen molar-refractivity contribution in [3.8, 4) is 11.5 Å². The van der Waals surface area contributed by atoms with Crippen LogP contribution >= 0.6 is 0 Å². The molecule has 3 rings (SSSR count). The molecular weight excluding hydrogens is 357 g/mol. The van der Waals surface area contributed by atoms with Gasteiger partial charge in [0.05, 0.1) is 19.3 Å². The molecule has 2 aromatic rings. The third kappa shape index (κ3) is 4.56. The normalized spacial score (nSPS) is 15.1. The number of ether oxygens (including phenoxy) is 2. The summed E-state index contributed by atoms with van der Waals surface area (Å²) in [6.07, 6.45) is -0.832. The molecule has 0 aromatic heterocycles. The maximum atomic E-state index is 13.5. The molecule has 0 radical (unpaired) electrons. The smallest absolute Gasteiger partial charge is 0.416 e. The first-order valence-corrected chi connectivity index (χ1v) is 9.03. The molecule has 6 heteroatoms. The predicted octanol–water partition coefficient (Wildman–Crippen LogP) is 5.44. The van der Waals surface area contributed by atoms with Crippen molar-refractivity contribution in [1.29, 1.82) is 0 Å². The van der Waals surface area contributed by atoms with Gasteiger partial charge in [0, 0.05) is 5.56 Å². The van der Waals surface area contributed by atoms with Crippen LogP contribution in [0.15, 0.2) is 36.4 Å². The molecule has 0 aliphatic heterocycles. The lowest BCUT2D eigenvalue weighted by molar-refractivity contribution is -0.138. The third-order valence-corrected chi connectivity index (χ3v) is 5.05. The summed E-state index contributed by atoms with van der Waals surface area (Å²) in [6, 6.07) is 9.45. The topological polar surface area (TPSA) is 38.7 Å². The van der Waals surface area contributed by atoms with E-state index >= 15 is 0 Å². The maximum Gasteiger partial charge on any atom is 0.416 e. The van der Waals surface area contributed by atoms with E-state index in [1.54, 1.807) is 30.3 Å². The van der Waals surface area contributed by atoms with Crippen LogP contribution in [0.5, 0.6) is 11.5 Å². The van der Waals surface area contributed by atoms with E-state index in [-0.39, 0.29) is 24.9 Å². The van der Waals surface area contributed by atoms with Gasteiger partial charge in [-0.25, -0.2) is 0 Å². The molecule has 1 aliphatic rings. The van der Waals surface area contributed by atoms with Crippen molar-refractivity contribution in [3.05, 3.63) is 58.7 Å². The highest BCUT2D eigenvalue weighted by atomic mass is 19.4. The molecule has 0 spiro atoms. The van der Waals surface area contributed by atoms with Crippen molar-refractivity contribution in [2.45, 2.75) is 51.0 Å². The molecule has 0 bridgehead atoms. The molecule has 0 atom stereocenters. The second-order valence-electron chi connectivity index (χ2n) is 6.82. The lowest BCUT2D eigenvalue weighted by atomic mass is 9.92. The highest BCUT2D eigenvalue weighted by molar-refractivity contribution is 5.41. The minimum absolute atomic E-state index is 0.0223. The summed E-state index contributed by atoms with van der Waals surface area (Å²) in [6.45, 7) is -0.0377. The molecule has 3 nitrogen and oxygen atoms in total. The van der Waals surface area contributed by atoms with Crippen LogP contribution in [0.1, 0.15) is 53.9 Å². The van der Waals surface area contributed by atoms with E-state index in [2.05, 4.69) is 0 Å². The second kappa shape index (κ2) is 8.21. The maximum absolute atomic E-state index is 13.5. The molecule has 1 saturated carbocycles. The molecule has 0 saturated heterocycles. The fourth-order valence-corrected chi connectivity index (χ4v) is 3.64. The number of aliphatic hydroxyl groups is 1. The molecule has 1 N–H and O–H groups in total. The summed E-state index contributed by atoms with van der Waals surface area (Å²) in [5.41, 5.74) is 1.17. The van der Waals surface area contributed by atoms with Crippen molar-refractivity contribution in [2.24, 2.45) is 0 Å². The summed E-state index contributed by atoms with van der Waals surface area (Å²) < 4.78 is 51.4. The van der Waals surface area contributed by atoms with Gasteiger partial charge in [-0.15, -0.1) is 0 Å². The number of alkyl halides is 3. The number of hydrogen-bond acceptors (Lipinski definition) is 3. The monoisotopic (exact) mass is 380 g/mol. The van der Waals surface area contributed by atoms with Crippen molar-refractivity contribution >= 4 is 0 Å². The van der Waals surface area contributed by atoms with Gasteiger partial charge in [0.2, 0.25) is 0 Å². The van der Waals surface area contributed by atoms with E-state index in [1.165, 1.54) is 7.11 Å². The summed E-state index contributed by atoms with van der Waals surface area (Å²) in [7, 11) is 1.50. The average Bonchev–Trinajstić information content (AvgIpc) is 3.19. The first-order valence-electron chi connectivity index (χ1n) is 9.03. The molecule has 27 heavy (non-hydrogen) atoms. The van der Waals surface area contributed by atoms with Crippen molar-refractivity contribution in [3.63, 3.8) is 0 Å². The average molecular weight is 380 g/mol. The lowest BCUT2D eigenvalue weighted by Gasteiger charge is -2.19. The third-order valence-electron chi connectivity index (χ3n) is 5.05. The van der Waals surface area contributed by atoms with Gasteiger partial charge in [-0.2, -0.15) is 13.2 Å². The van der Waals surface area contributed by atoms with Gasteiger partial charge < -0.3 is 14.6 Å². The number of hydrogen-bond donors (Lipinski definition) is 1. The Bertz CT molecular complexity index is 781. The SMILES string of the molecule is COc1cc(COc2ccc(C3CCCC3)c(C(F)(F)F)c2)ccc1CO. The molecule has 0 unspecified atom stereocenters. The fraction of sp³-hybridized carbons (Fsp3) is 0.429. The molecule has 1 aliphatic carbocycles. The molecule has 146 valence electrons. The van der Waals surface area contributed by atoms with Crippen LogP contribution in [0, 0.1) is 0 Å². The van der Waals surface area contributed by atoms with Crippen molar-refractivity contribution in [1.82, 2.24) is 0 Å². The van der Waals surface area contributed by atoms with E-state index in [0.717, 1.165) is 37.3 Å². The Morgan fingerprint density at radius 1 is 1.07 bits per heavy atom. The van der Waals surface area contributed by atoms with Gasteiger partial charge >= 0.3 is 6.18 Å². The molecule has 2 aromatic carbocycles. The highest BCUT2D eigenvalue weighted by Gasteiger charge is 2.36. The van der Waals surface area contributed by atoms with E-state index in [4.69, 9.17) is 9.47 Å². The Kier molecular flexibility index (Phi) is 5.95. The Balaban J connectivity index is 1.79. The highest BCUT2D eigenvalue weighted by Crippen LogP contribution is 2.42. The van der Waals surface area contributed by atoms with Crippen LogP contribution < -0.4 is 9.47 Å². The van der Waals surface area contributed by atoms with Gasteiger partial charge in [0.25, 0.3) is 0 Å². The van der Waals surface area contributed by atoms with Crippen LogP contribution in [0.4, 0.5) is 13.2 Å². The first-order chi connectivity index (χ1) is 12.9. The molecule has 0 heterocycles. The largest absolute Gasteiger partial charge is 0.496 e. The first kappa shape index (κ1) is 19.5.